The van der Waals surface area contributed by atoms with Crippen LogP contribution in [0.4, 0.5) is 5.69 Å². The molecule has 10 heteroatoms. The zero-order chi connectivity index (χ0) is 20.7. The molecule has 3 heterocycles. The molecule has 0 spiro atoms. The topological polar surface area (TPSA) is 125 Å². The Hall–Kier alpha value is -3.21. The second kappa shape index (κ2) is 7.24. The lowest BCUT2D eigenvalue weighted by Gasteiger charge is -2.23. The van der Waals surface area contributed by atoms with Gasteiger partial charge in [-0.3, -0.25) is 9.82 Å². The van der Waals surface area contributed by atoms with Crippen molar-refractivity contribution in [3.63, 3.8) is 0 Å². The third kappa shape index (κ3) is 3.45. The van der Waals surface area contributed by atoms with E-state index in [9.17, 15) is 8.42 Å². The van der Waals surface area contributed by atoms with E-state index in [1.165, 1.54) is 0 Å². The van der Waals surface area contributed by atoms with Crippen LogP contribution in [-0.4, -0.2) is 48.3 Å². The highest BCUT2D eigenvalue weighted by molar-refractivity contribution is 7.95. The van der Waals surface area contributed by atoms with Crippen LogP contribution in [-0.2, 0) is 14.8 Å². The van der Waals surface area contributed by atoms with Gasteiger partial charge in [-0.15, -0.1) is 0 Å². The summed E-state index contributed by atoms with van der Waals surface area (Å²) in [5, 5.41) is 12.3. The molecule has 2 aromatic heterocycles. The van der Waals surface area contributed by atoms with Gasteiger partial charge in [0.05, 0.1) is 29.3 Å². The fraction of sp³-hybridized carbons (Fsp3) is 0.200. The van der Waals surface area contributed by atoms with E-state index in [2.05, 4.69) is 36.8 Å². The highest BCUT2D eigenvalue weighted by Crippen LogP contribution is 2.30. The average molecular weight is 424 g/mol. The quantitative estimate of drug-likeness (QED) is 0.390. The summed E-state index contributed by atoms with van der Waals surface area (Å²) in [5.41, 5.74) is 4.59. The molecule has 0 amide bonds. The van der Waals surface area contributed by atoms with E-state index in [-0.39, 0.29) is 6.10 Å². The van der Waals surface area contributed by atoms with Gasteiger partial charge in [0.2, 0.25) is 0 Å². The van der Waals surface area contributed by atoms with Crippen molar-refractivity contribution in [2.75, 3.05) is 24.4 Å². The number of rotatable bonds is 5. The average Bonchev–Trinajstić information content (AvgIpc) is 3.37. The molecule has 0 aliphatic carbocycles. The van der Waals surface area contributed by atoms with Crippen LogP contribution in [0.3, 0.4) is 0 Å². The van der Waals surface area contributed by atoms with Gasteiger partial charge in [0.15, 0.2) is 5.82 Å². The van der Waals surface area contributed by atoms with Gasteiger partial charge in [0.1, 0.15) is 5.69 Å². The highest BCUT2D eigenvalue weighted by atomic mass is 32.2. The number of hydrogen-bond acceptors (Lipinski definition) is 6. The van der Waals surface area contributed by atoms with Gasteiger partial charge in [0.25, 0.3) is 10.0 Å². The molecule has 1 unspecified atom stereocenters. The summed E-state index contributed by atoms with van der Waals surface area (Å²) < 4.78 is 31.9. The van der Waals surface area contributed by atoms with Crippen molar-refractivity contribution >= 4 is 37.6 Å². The first-order valence-corrected chi connectivity index (χ1v) is 11.0. The normalized spacial score (nSPS) is 17.4. The molecule has 5 rings (SSSR count). The van der Waals surface area contributed by atoms with Crippen molar-refractivity contribution in [2.24, 2.45) is 0 Å². The number of ether oxygens (including phenoxy) is 1. The molecule has 1 aliphatic heterocycles. The number of morpholine rings is 1. The van der Waals surface area contributed by atoms with Crippen molar-refractivity contribution in [1.29, 1.82) is 0 Å². The van der Waals surface area contributed by atoms with Crippen LogP contribution in [0.1, 0.15) is 11.7 Å². The van der Waals surface area contributed by atoms with E-state index in [0.29, 0.717) is 23.8 Å². The Labute approximate surface area is 172 Å². The molecule has 0 saturated carbocycles. The van der Waals surface area contributed by atoms with Crippen LogP contribution in [0.2, 0.25) is 0 Å². The second-order valence-corrected chi connectivity index (χ2v) is 8.70. The third-order valence-corrected chi connectivity index (χ3v) is 6.03. The number of aromatic nitrogens is 4. The highest BCUT2D eigenvalue weighted by Gasteiger charge is 2.18. The SMILES string of the molecule is C=CS(=O)(=O)Nc1ccc2[nH]nc(-c3nc4ccc(C5CNCCO5)cc4[nH]3)c2c1. The van der Waals surface area contributed by atoms with E-state index >= 15 is 0 Å². The molecule has 4 aromatic rings. The minimum atomic E-state index is -3.59. The van der Waals surface area contributed by atoms with Crippen LogP contribution in [0.5, 0.6) is 0 Å². The lowest BCUT2D eigenvalue weighted by Crippen LogP contribution is -2.33. The van der Waals surface area contributed by atoms with Crippen molar-refractivity contribution in [2.45, 2.75) is 6.10 Å². The third-order valence-electron chi connectivity index (χ3n) is 5.07. The van der Waals surface area contributed by atoms with Crippen LogP contribution < -0.4 is 10.0 Å². The number of imidazole rings is 1. The molecule has 2 aromatic carbocycles. The van der Waals surface area contributed by atoms with E-state index in [1.54, 1.807) is 18.2 Å². The van der Waals surface area contributed by atoms with Gasteiger partial charge < -0.3 is 15.0 Å². The first-order chi connectivity index (χ1) is 14.5. The zero-order valence-electron chi connectivity index (χ0n) is 16.0. The number of fused-ring (bicyclic) bond motifs is 2. The smallest absolute Gasteiger partial charge is 0.254 e. The lowest BCUT2D eigenvalue weighted by molar-refractivity contribution is 0.0278. The summed E-state index contributed by atoms with van der Waals surface area (Å²) in [7, 11) is -3.59. The van der Waals surface area contributed by atoms with Gasteiger partial charge in [-0.2, -0.15) is 5.10 Å². The standard InChI is InChI=1S/C20H20N6O3S/c1-2-30(27,28)26-13-4-6-15-14(10-13)19(25-24-15)20-22-16-5-3-12(9-17(16)23-20)18-11-21-7-8-29-18/h2-6,9-10,18,21,26H,1,7-8,11H2,(H,22,23)(H,24,25). The lowest BCUT2D eigenvalue weighted by atomic mass is 10.1. The maximum atomic E-state index is 11.8. The van der Waals surface area contributed by atoms with Gasteiger partial charge >= 0.3 is 0 Å². The maximum Gasteiger partial charge on any atom is 0.254 e. The van der Waals surface area contributed by atoms with E-state index in [4.69, 9.17) is 4.74 Å². The summed E-state index contributed by atoms with van der Waals surface area (Å²) in [6.07, 6.45) is 0.0153. The zero-order valence-corrected chi connectivity index (χ0v) is 16.8. The number of nitrogens with zero attached hydrogens (tertiary/aromatic N) is 2. The largest absolute Gasteiger partial charge is 0.371 e. The summed E-state index contributed by atoms with van der Waals surface area (Å²) >= 11 is 0. The Bertz CT molecular complexity index is 1350. The predicted molar refractivity (Wildman–Crippen MR) is 115 cm³/mol. The summed E-state index contributed by atoms with van der Waals surface area (Å²) in [5.74, 6) is 0.597. The van der Waals surface area contributed by atoms with E-state index < -0.39 is 10.0 Å². The second-order valence-electron chi connectivity index (χ2n) is 7.07. The van der Waals surface area contributed by atoms with Crippen molar-refractivity contribution in [1.82, 2.24) is 25.5 Å². The predicted octanol–water partition coefficient (Wildman–Crippen LogP) is 2.65. The minimum Gasteiger partial charge on any atom is -0.371 e. The van der Waals surface area contributed by atoms with Crippen LogP contribution >= 0.6 is 0 Å². The van der Waals surface area contributed by atoms with Gasteiger partial charge in [-0.05, 0) is 35.9 Å². The van der Waals surface area contributed by atoms with Gasteiger partial charge in [0, 0.05) is 29.6 Å². The van der Waals surface area contributed by atoms with Crippen molar-refractivity contribution in [3.05, 3.63) is 53.9 Å². The summed E-state index contributed by atoms with van der Waals surface area (Å²) in [6, 6.07) is 11.2. The Kier molecular flexibility index (Phi) is 4.54. The van der Waals surface area contributed by atoms with E-state index in [1.807, 2.05) is 18.2 Å². The van der Waals surface area contributed by atoms with Crippen molar-refractivity contribution in [3.8, 4) is 11.5 Å². The number of benzene rings is 2. The molecular weight excluding hydrogens is 404 g/mol. The molecule has 154 valence electrons. The molecule has 0 bridgehead atoms. The fourth-order valence-electron chi connectivity index (χ4n) is 3.58. The van der Waals surface area contributed by atoms with Crippen LogP contribution in [0.15, 0.2) is 48.4 Å². The Morgan fingerprint density at radius 1 is 1.20 bits per heavy atom. The first-order valence-electron chi connectivity index (χ1n) is 9.48. The van der Waals surface area contributed by atoms with Crippen molar-refractivity contribution < 1.29 is 13.2 Å². The molecular formula is C20H20N6O3S. The number of sulfonamides is 1. The van der Waals surface area contributed by atoms with E-state index in [0.717, 1.165) is 46.0 Å². The molecule has 1 fully saturated rings. The number of nitrogens with one attached hydrogen (secondary N) is 4. The monoisotopic (exact) mass is 424 g/mol. The molecule has 1 atom stereocenters. The molecule has 4 N–H and O–H groups in total. The summed E-state index contributed by atoms with van der Waals surface area (Å²) in [4.78, 5) is 7.99. The molecule has 1 aliphatic rings. The van der Waals surface area contributed by atoms with Crippen LogP contribution in [0, 0.1) is 0 Å². The van der Waals surface area contributed by atoms with Gasteiger partial charge in [-0.1, -0.05) is 12.6 Å². The summed E-state index contributed by atoms with van der Waals surface area (Å²) in [6.45, 7) is 5.65. The minimum absolute atomic E-state index is 0.0153. The Morgan fingerprint density at radius 3 is 2.90 bits per heavy atom. The molecule has 30 heavy (non-hydrogen) atoms. The number of H-pyrrole nitrogens is 2. The number of aromatic amines is 2. The fourth-order valence-corrected chi connectivity index (χ4v) is 4.12. The van der Waals surface area contributed by atoms with Gasteiger partial charge in [-0.25, -0.2) is 13.4 Å². The Balaban J connectivity index is 1.53. The molecule has 0 radical (unpaired) electrons. The molecule has 9 nitrogen and oxygen atoms in total. The van der Waals surface area contributed by atoms with Crippen LogP contribution in [0.25, 0.3) is 33.5 Å². The first kappa shape index (κ1) is 18.8. The Morgan fingerprint density at radius 2 is 2.10 bits per heavy atom. The number of hydrogen-bond donors (Lipinski definition) is 4. The number of anilines is 1. The molecule has 1 saturated heterocycles. The maximum absolute atomic E-state index is 11.8.